The zero-order valence-corrected chi connectivity index (χ0v) is 19.9. The summed E-state index contributed by atoms with van der Waals surface area (Å²) in [7, 11) is -0.105. The predicted octanol–water partition coefficient (Wildman–Crippen LogP) is 3.04. The van der Waals surface area contributed by atoms with Crippen LogP contribution in [0.15, 0.2) is 34.2 Å². The molecule has 1 aromatic carbocycles. The number of nitrogens with zero attached hydrogens (tertiary/aromatic N) is 2. The molecule has 1 unspecified atom stereocenters. The van der Waals surface area contributed by atoms with Crippen LogP contribution in [0.2, 0.25) is 0 Å². The van der Waals surface area contributed by atoms with Crippen LogP contribution in [-0.2, 0) is 16.6 Å². The summed E-state index contributed by atoms with van der Waals surface area (Å²) in [6.07, 6.45) is 0. The third-order valence-corrected chi connectivity index (χ3v) is 6.42. The Kier molecular flexibility index (Phi) is 10.7. The summed E-state index contributed by atoms with van der Waals surface area (Å²) < 4.78 is 26.3. The van der Waals surface area contributed by atoms with Crippen LogP contribution in [-0.4, -0.2) is 44.9 Å². The number of halogens is 1. The van der Waals surface area contributed by atoms with Gasteiger partial charge in [0.2, 0.25) is 10.0 Å². The first-order valence-electron chi connectivity index (χ1n) is 8.63. The van der Waals surface area contributed by atoms with Crippen LogP contribution in [0.4, 0.5) is 0 Å². The Labute approximate surface area is 175 Å². The first-order valence-corrected chi connectivity index (χ1v) is 10.1. The summed E-state index contributed by atoms with van der Waals surface area (Å²) in [5, 5.41) is 6.59. The lowest BCUT2D eigenvalue weighted by Crippen LogP contribution is -2.43. The van der Waals surface area contributed by atoms with Crippen LogP contribution in [0.25, 0.3) is 0 Å². The molecule has 0 saturated heterocycles. The van der Waals surface area contributed by atoms with Crippen molar-refractivity contribution in [3.05, 3.63) is 29.8 Å². The average Bonchev–Trinajstić information content (AvgIpc) is 2.57. The van der Waals surface area contributed by atoms with E-state index in [-0.39, 0.29) is 30.0 Å². The predicted molar refractivity (Wildman–Crippen MR) is 120 cm³/mol. The summed E-state index contributed by atoms with van der Waals surface area (Å²) in [5.41, 5.74) is 0.992. The van der Waals surface area contributed by atoms with Gasteiger partial charge >= 0.3 is 0 Å². The Morgan fingerprint density at radius 3 is 2.08 bits per heavy atom. The van der Waals surface area contributed by atoms with Crippen LogP contribution >= 0.6 is 24.0 Å². The van der Waals surface area contributed by atoms with E-state index in [0.29, 0.717) is 23.4 Å². The van der Waals surface area contributed by atoms with Crippen LogP contribution in [0.3, 0.4) is 0 Å². The number of sulfonamides is 1. The van der Waals surface area contributed by atoms with Gasteiger partial charge < -0.3 is 10.6 Å². The van der Waals surface area contributed by atoms with E-state index in [1.54, 1.807) is 26.2 Å². The molecule has 0 bridgehead atoms. The van der Waals surface area contributed by atoms with Gasteiger partial charge in [-0.15, -0.1) is 24.0 Å². The van der Waals surface area contributed by atoms with Gasteiger partial charge in [-0.25, -0.2) is 8.42 Å². The van der Waals surface area contributed by atoms with Crippen molar-refractivity contribution in [1.82, 2.24) is 14.9 Å². The Hall–Kier alpha value is -0.870. The van der Waals surface area contributed by atoms with Crippen molar-refractivity contribution >= 4 is 40.0 Å². The number of nitrogens with one attached hydrogen (secondary N) is 2. The molecule has 0 aliphatic carbocycles. The molecule has 1 aromatic rings. The van der Waals surface area contributed by atoms with Gasteiger partial charge in [-0.3, -0.25) is 4.99 Å². The van der Waals surface area contributed by atoms with Crippen molar-refractivity contribution in [1.29, 1.82) is 0 Å². The number of aliphatic imine (C=N–C) groups is 1. The molecule has 0 heterocycles. The molecule has 26 heavy (non-hydrogen) atoms. The van der Waals surface area contributed by atoms with Crippen molar-refractivity contribution < 1.29 is 8.42 Å². The van der Waals surface area contributed by atoms with Crippen molar-refractivity contribution in [3.63, 3.8) is 0 Å². The summed E-state index contributed by atoms with van der Waals surface area (Å²) >= 11 is 0. The zero-order valence-electron chi connectivity index (χ0n) is 16.8. The van der Waals surface area contributed by atoms with E-state index in [4.69, 9.17) is 0 Å². The highest BCUT2D eigenvalue weighted by atomic mass is 127. The maximum atomic E-state index is 12.5. The molecule has 150 valence electrons. The van der Waals surface area contributed by atoms with Crippen LogP contribution in [0, 0.1) is 5.92 Å². The third-order valence-electron chi connectivity index (χ3n) is 4.38. The minimum atomic E-state index is -3.44. The summed E-state index contributed by atoms with van der Waals surface area (Å²) in [6, 6.07) is 7.19. The second-order valence-electron chi connectivity index (χ2n) is 6.86. The first kappa shape index (κ1) is 25.1. The number of guanidine groups is 1. The topological polar surface area (TPSA) is 73.8 Å². The normalized spacial score (nSPS) is 13.7. The van der Waals surface area contributed by atoms with Gasteiger partial charge in [0.1, 0.15) is 0 Å². The SMILES string of the molecule is CN=C(NCc1ccc(S(=O)(=O)N(C)C(C)C)cc1)NC(C)C(C)C.I. The quantitative estimate of drug-likeness (QED) is 0.346. The lowest BCUT2D eigenvalue weighted by Gasteiger charge is -2.21. The minimum absolute atomic E-state index is 0. The van der Waals surface area contributed by atoms with E-state index in [0.717, 1.165) is 11.5 Å². The lowest BCUT2D eigenvalue weighted by molar-refractivity contribution is 0.410. The molecule has 0 amide bonds. The molecule has 8 heteroatoms. The van der Waals surface area contributed by atoms with Gasteiger partial charge in [-0.05, 0) is 44.4 Å². The van der Waals surface area contributed by atoms with Crippen LogP contribution in [0.5, 0.6) is 0 Å². The fraction of sp³-hybridized carbons (Fsp3) is 0.611. The molecule has 0 spiro atoms. The number of hydrogen-bond acceptors (Lipinski definition) is 3. The molecular formula is C18H33IN4O2S. The molecule has 0 aromatic heterocycles. The molecule has 0 radical (unpaired) electrons. The zero-order chi connectivity index (χ0) is 19.2. The van der Waals surface area contributed by atoms with Gasteiger partial charge in [0.15, 0.2) is 5.96 Å². The van der Waals surface area contributed by atoms with E-state index in [2.05, 4.69) is 36.4 Å². The third kappa shape index (κ3) is 7.03. The van der Waals surface area contributed by atoms with Gasteiger partial charge in [0.05, 0.1) is 4.90 Å². The highest BCUT2D eigenvalue weighted by Crippen LogP contribution is 2.17. The van der Waals surface area contributed by atoms with Crippen molar-refractivity contribution in [2.45, 2.75) is 58.1 Å². The van der Waals surface area contributed by atoms with Crippen molar-refractivity contribution in [2.24, 2.45) is 10.9 Å². The molecular weight excluding hydrogens is 463 g/mol. The number of hydrogen-bond donors (Lipinski definition) is 2. The standard InChI is InChI=1S/C18H32N4O2S.HI/c1-13(2)15(5)21-18(19-6)20-12-16-8-10-17(11-9-16)25(23,24)22(7)14(3)4;/h8-11,13-15H,12H2,1-7H3,(H2,19,20,21);1H. The maximum Gasteiger partial charge on any atom is 0.243 e. The van der Waals surface area contributed by atoms with E-state index < -0.39 is 10.0 Å². The highest BCUT2D eigenvalue weighted by Gasteiger charge is 2.22. The average molecular weight is 496 g/mol. The van der Waals surface area contributed by atoms with Crippen molar-refractivity contribution in [3.8, 4) is 0 Å². The van der Waals surface area contributed by atoms with E-state index >= 15 is 0 Å². The molecule has 0 saturated carbocycles. The van der Waals surface area contributed by atoms with Crippen LogP contribution in [0.1, 0.15) is 40.2 Å². The van der Waals surface area contributed by atoms with Crippen LogP contribution < -0.4 is 10.6 Å². The molecule has 6 nitrogen and oxygen atoms in total. The van der Waals surface area contributed by atoms with Crippen molar-refractivity contribution in [2.75, 3.05) is 14.1 Å². The summed E-state index contributed by atoms with van der Waals surface area (Å²) in [6.45, 7) is 10.7. The minimum Gasteiger partial charge on any atom is -0.354 e. The first-order chi connectivity index (χ1) is 11.6. The van der Waals surface area contributed by atoms with E-state index in [9.17, 15) is 8.42 Å². The van der Waals surface area contributed by atoms with Gasteiger partial charge in [-0.2, -0.15) is 4.31 Å². The smallest absolute Gasteiger partial charge is 0.243 e. The monoisotopic (exact) mass is 496 g/mol. The second kappa shape index (κ2) is 11.1. The molecule has 1 rings (SSSR count). The second-order valence-corrected chi connectivity index (χ2v) is 8.86. The molecule has 0 fully saturated rings. The Morgan fingerprint density at radius 2 is 1.65 bits per heavy atom. The molecule has 1 atom stereocenters. The Morgan fingerprint density at radius 1 is 1.12 bits per heavy atom. The molecule has 0 aliphatic heterocycles. The van der Waals surface area contributed by atoms with E-state index in [1.807, 2.05) is 26.0 Å². The lowest BCUT2D eigenvalue weighted by atomic mass is 10.1. The highest BCUT2D eigenvalue weighted by molar-refractivity contribution is 14.0. The Bertz CT molecular complexity index is 673. The molecule has 2 N–H and O–H groups in total. The van der Waals surface area contributed by atoms with E-state index in [1.165, 1.54) is 4.31 Å². The van der Waals surface area contributed by atoms with Gasteiger partial charge in [-0.1, -0.05) is 26.0 Å². The van der Waals surface area contributed by atoms with Gasteiger partial charge in [0, 0.05) is 32.7 Å². The van der Waals surface area contributed by atoms with Gasteiger partial charge in [0.25, 0.3) is 0 Å². The summed E-state index contributed by atoms with van der Waals surface area (Å²) in [5.74, 6) is 1.23. The summed E-state index contributed by atoms with van der Waals surface area (Å²) in [4.78, 5) is 4.53. The number of benzene rings is 1. The fourth-order valence-corrected chi connectivity index (χ4v) is 3.35. The maximum absolute atomic E-state index is 12.5. The fourth-order valence-electron chi connectivity index (χ4n) is 1.99. The largest absolute Gasteiger partial charge is 0.354 e. The molecule has 0 aliphatic rings. The number of rotatable bonds is 7. The Balaban J connectivity index is 0.00000625.